The first-order valence-corrected chi connectivity index (χ1v) is 6.22. The maximum atomic E-state index is 5.23. The first-order chi connectivity index (χ1) is 8.33. The van der Waals surface area contributed by atoms with Gasteiger partial charge in [0.15, 0.2) is 5.11 Å². The van der Waals surface area contributed by atoms with Gasteiger partial charge in [0.2, 0.25) is 0 Å². The molecule has 2 N–H and O–H groups in total. The molecule has 0 aliphatic carbocycles. The van der Waals surface area contributed by atoms with Crippen LogP contribution in [0.5, 0.6) is 0 Å². The lowest BCUT2D eigenvalue weighted by Gasteiger charge is -2.10. The molecule has 94 valence electrons. The van der Waals surface area contributed by atoms with Crippen LogP contribution in [0.2, 0.25) is 0 Å². The summed E-state index contributed by atoms with van der Waals surface area (Å²) in [6.07, 6.45) is 4.54. The van der Waals surface area contributed by atoms with E-state index in [-0.39, 0.29) is 0 Å². The van der Waals surface area contributed by atoms with E-state index in [0.717, 1.165) is 31.7 Å². The number of hydrogen-bond donors (Lipinski definition) is 2. The lowest BCUT2D eigenvalue weighted by atomic mass is 10.3. The number of nitrogens with zero attached hydrogens (tertiary/aromatic N) is 1. The van der Waals surface area contributed by atoms with Crippen molar-refractivity contribution in [3.05, 3.63) is 30.1 Å². The van der Waals surface area contributed by atoms with E-state index >= 15 is 0 Å². The Labute approximate surface area is 108 Å². The first-order valence-electron chi connectivity index (χ1n) is 5.81. The van der Waals surface area contributed by atoms with Gasteiger partial charge in [-0.15, -0.1) is 0 Å². The summed E-state index contributed by atoms with van der Waals surface area (Å²) in [5, 5.41) is 6.93. The molecule has 0 unspecified atom stereocenters. The van der Waals surface area contributed by atoms with E-state index in [1.807, 2.05) is 25.3 Å². The molecule has 0 amide bonds. The molecule has 1 aromatic heterocycles. The second-order valence-electron chi connectivity index (χ2n) is 3.52. The number of pyridine rings is 1. The van der Waals surface area contributed by atoms with Crippen LogP contribution in [0.1, 0.15) is 18.9 Å². The Balaban J connectivity index is 2.05. The van der Waals surface area contributed by atoms with Gasteiger partial charge in [-0.2, -0.15) is 0 Å². The van der Waals surface area contributed by atoms with Crippen molar-refractivity contribution in [3.63, 3.8) is 0 Å². The van der Waals surface area contributed by atoms with Crippen LogP contribution in [0, 0.1) is 0 Å². The Morgan fingerprint density at radius 1 is 1.47 bits per heavy atom. The summed E-state index contributed by atoms with van der Waals surface area (Å²) in [6.45, 7) is 5.07. The van der Waals surface area contributed by atoms with Crippen LogP contribution < -0.4 is 10.6 Å². The molecule has 4 nitrogen and oxygen atoms in total. The zero-order valence-corrected chi connectivity index (χ0v) is 10.9. The third kappa shape index (κ3) is 6.86. The molecule has 0 aliphatic rings. The van der Waals surface area contributed by atoms with Gasteiger partial charge in [0.25, 0.3) is 0 Å². The number of thiocarbonyl (C=S) groups is 1. The van der Waals surface area contributed by atoms with E-state index in [1.165, 1.54) is 0 Å². The van der Waals surface area contributed by atoms with Crippen LogP contribution in [0.3, 0.4) is 0 Å². The largest absolute Gasteiger partial charge is 0.382 e. The highest BCUT2D eigenvalue weighted by Gasteiger charge is 1.95. The average molecular weight is 253 g/mol. The summed E-state index contributed by atoms with van der Waals surface area (Å²) in [5.74, 6) is 0. The van der Waals surface area contributed by atoms with Crippen LogP contribution in [0.4, 0.5) is 0 Å². The maximum absolute atomic E-state index is 5.23. The highest BCUT2D eigenvalue weighted by Crippen LogP contribution is 1.93. The van der Waals surface area contributed by atoms with Crippen LogP contribution in [0.25, 0.3) is 0 Å². The molecule has 0 aromatic carbocycles. The van der Waals surface area contributed by atoms with Crippen molar-refractivity contribution in [3.8, 4) is 0 Å². The Hall–Kier alpha value is -1.20. The summed E-state index contributed by atoms with van der Waals surface area (Å²) < 4.78 is 5.23. The normalized spacial score (nSPS) is 9.94. The first kappa shape index (κ1) is 13.9. The minimum atomic E-state index is 0.672. The van der Waals surface area contributed by atoms with E-state index < -0.39 is 0 Å². The third-order valence-corrected chi connectivity index (χ3v) is 2.42. The Morgan fingerprint density at radius 2 is 2.35 bits per heavy atom. The van der Waals surface area contributed by atoms with Crippen molar-refractivity contribution in [2.45, 2.75) is 19.9 Å². The van der Waals surface area contributed by atoms with Gasteiger partial charge in [-0.1, -0.05) is 6.07 Å². The molecule has 0 saturated carbocycles. The molecule has 0 saturated heterocycles. The van der Waals surface area contributed by atoms with E-state index in [9.17, 15) is 0 Å². The van der Waals surface area contributed by atoms with Gasteiger partial charge in [0.1, 0.15) is 0 Å². The predicted molar refractivity (Wildman–Crippen MR) is 72.8 cm³/mol. The SMILES string of the molecule is CCOCCCNC(=S)NCc1cccnc1. The molecule has 5 heteroatoms. The predicted octanol–water partition coefficient (Wildman–Crippen LogP) is 1.47. The lowest BCUT2D eigenvalue weighted by molar-refractivity contribution is 0.145. The molecular formula is C12H19N3OS. The number of nitrogens with one attached hydrogen (secondary N) is 2. The van der Waals surface area contributed by atoms with Crippen LogP contribution >= 0.6 is 12.2 Å². The van der Waals surface area contributed by atoms with Gasteiger partial charge >= 0.3 is 0 Å². The van der Waals surface area contributed by atoms with Gasteiger partial charge in [-0.05, 0) is 37.2 Å². The lowest BCUT2D eigenvalue weighted by Crippen LogP contribution is -2.35. The standard InChI is InChI=1S/C12H19N3OS/c1-2-16-8-4-7-14-12(17)15-10-11-5-3-6-13-9-11/h3,5-6,9H,2,4,7-8,10H2,1H3,(H2,14,15,17). The maximum Gasteiger partial charge on any atom is 0.166 e. The number of ether oxygens (including phenoxy) is 1. The molecule has 0 spiro atoms. The molecule has 0 aliphatic heterocycles. The summed E-state index contributed by atoms with van der Waals surface area (Å²) in [7, 11) is 0. The third-order valence-electron chi connectivity index (χ3n) is 2.13. The van der Waals surface area contributed by atoms with Crippen molar-refractivity contribution in [2.24, 2.45) is 0 Å². The van der Waals surface area contributed by atoms with Crippen molar-refractivity contribution in [2.75, 3.05) is 19.8 Å². The smallest absolute Gasteiger partial charge is 0.166 e. The van der Waals surface area contributed by atoms with Gasteiger partial charge in [0, 0.05) is 38.7 Å². The Morgan fingerprint density at radius 3 is 3.06 bits per heavy atom. The molecule has 0 fully saturated rings. The highest BCUT2D eigenvalue weighted by atomic mass is 32.1. The fourth-order valence-corrected chi connectivity index (χ4v) is 1.44. The van der Waals surface area contributed by atoms with Crippen LogP contribution in [-0.4, -0.2) is 29.9 Å². The summed E-state index contributed by atoms with van der Waals surface area (Å²) in [5.41, 5.74) is 1.12. The van der Waals surface area contributed by atoms with Crippen molar-refractivity contribution >= 4 is 17.3 Å². The van der Waals surface area contributed by atoms with Crippen LogP contribution in [-0.2, 0) is 11.3 Å². The number of hydrogen-bond acceptors (Lipinski definition) is 3. The topological polar surface area (TPSA) is 46.2 Å². The van der Waals surface area contributed by atoms with Gasteiger partial charge < -0.3 is 15.4 Å². The van der Waals surface area contributed by atoms with Crippen molar-refractivity contribution in [1.29, 1.82) is 0 Å². The van der Waals surface area contributed by atoms with Crippen molar-refractivity contribution in [1.82, 2.24) is 15.6 Å². The molecule has 1 aromatic rings. The molecule has 1 rings (SSSR count). The van der Waals surface area contributed by atoms with Gasteiger partial charge in [-0.25, -0.2) is 0 Å². The van der Waals surface area contributed by atoms with Crippen molar-refractivity contribution < 1.29 is 4.74 Å². The Kier molecular flexibility index (Phi) is 7.25. The minimum absolute atomic E-state index is 0.672. The molecule has 1 heterocycles. The molecule has 17 heavy (non-hydrogen) atoms. The van der Waals surface area contributed by atoms with Crippen LogP contribution in [0.15, 0.2) is 24.5 Å². The summed E-state index contributed by atoms with van der Waals surface area (Å²) >= 11 is 5.15. The van der Waals surface area contributed by atoms with E-state index in [0.29, 0.717) is 11.7 Å². The molecular weight excluding hydrogens is 234 g/mol. The monoisotopic (exact) mass is 253 g/mol. The fraction of sp³-hybridized carbons (Fsp3) is 0.500. The summed E-state index contributed by atoms with van der Waals surface area (Å²) in [4.78, 5) is 4.04. The van der Waals surface area contributed by atoms with Gasteiger partial charge in [0.05, 0.1) is 0 Å². The van der Waals surface area contributed by atoms with E-state index in [4.69, 9.17) is 17.0 Å². The fourth-order valence-electron chi connectivity index (χ4n) is 1.27. The molecule has 0 bridgehead atoms. The average Bonchev–Trinajstić information content (AvgIpc) is 2.37. The highest BCUT2D eigenvalue weighted by molar-refractivity contribution is 7.80. The van der Waals surface area contributed by atoms with Gasteiger partial charge in [-0.3, -0.25) is 4.98 Å². The second-order valence-corrected chi connectivity index (χ2v) is 3.93. The number of rotatable bonds is 7. The van der Waals surface area contributed by atoms with E-state index in [2.05, 4.69) is 15.6 Å². The zero-order chi connectivity index (χ0) is 12.3. The second kappa shape index (κ2) is 8.90. The molecule has 0 atom stereocenters. The Bertz CT molecular complexity index is 319. The summed E-state index contributed by atoms with van der Waals surface area (Å²) in [6, 6.07) is 3.92. The van der Waals surface area contributed by atoms with E-state index in [1.54, 1.807) is 6.20 Å². The quantitative estimate of drug-likeness (QED) is 0.569. The molecule has 0 radical (unpaired) electrons. The number of aromatic nitrogens is 1. The minimum Gasteiger partial charge on any atom is -0.382 e. The zero-order valence-electron chi connectivity index (χ0n) is 10.1.